The number of amides is 2. The molecule has 4 nitrogen and oxygen atoms in total. The van der Waals surface area contributed by atoms with Gasteiger partial charge in [0.2, 0.25) is 0 Å². The highest BCUT2D eigenvalue weighted by Gasteiger charge is 2.29. The second-order valence-electron chi connectivity index (χ2n) is 7.52. The minimum absolute atomic E-state index is 0.301. The van der Waals surface area contributed by atoms with Crippen molar-refractivity contribution in [1.29, 1.82) is 0 Å². The largest absolute Gasteiger partial charge is 0.272 e. The molecule has 0 saturated carbocycles. The molecular weight excluding hydrogens is 343 g/mol. The summed E-state index contributed by atoms with van der Waals surface area (Å²) in [7, 11) is 0. The Balaban J connectivity index is 2.23. The van der Waals surface area contributed by atoms with E-state index in [4.69, 9.17) is 0 Å². The van der Waals surface area contributed by atoms with Crippen LogP contribution in [0.25, 0.3) is 6.08 Å². The van der Waals surface area contributed by atoms with E-state index >= 15 is 0 Å². The van der Waals surface area contributed by atoms with Crippen molar-refractivity contribution in [2.45, 2.75) is 40.2 Å². The summed E-state index contributed by atoms with van der Waals surface area (Å²) in [5, 5.41) is 1.30. The second kappa shape index (κ2) is 8.16. The quantitative estimate of drug-likeness (QED) is 0.644. The molecule has 2 amide bonds. The minimum atomic E-state index is -0.643. The van der Waals surface area contributed by atoms with E-state index in [0.29, 0.717) is 11.1 Å². The number of halogens is 1. The number of nitrogens with zero attached hydrogens (tertiary/aromatic N) is 1. The molecule has 1 N–H and O–H groups in total. The van der Waals surface area contributed by atoms with Gasteiger partial charge in [0.15, 0.2) is 0 Å². The third kappa shape index (κ3) is 5.51. The zero-order valence-corrected chi connectivity index (χ0v) is 16.3. The van der Waals surface area contributed by atoms with E-state index in [1.165, 1.54) is 23.2 Å². The van der Waals surface area contributed by atoms with Crippen LogP contribution in [-0.4, -0.2) is 22.4 Å². The smallest absolute Gasteiger partial charge is 0.268 e. The molecular formula is C22H25FN2O2. The van der Waals surface area contributed by atoms with Gasteiger partial charge in [-0.2, -0.15) is 0 Å². The lowest BCUT2D eigenvalue weighted by Gasteiger charge is -2.35. The number of benzene rings is 2. The van der Waals surface area contributed by atoms with E-state index in [2.05, 4.69) is 5.43 Å². The van der Waals surface area contributed by atoms with Gasteiger partial charge < -0.3 is 0 Å². The standard InChI is InChI=1S/C22H25FN2O2/c1-15-12-16(2)14-18(13-15)21(27)25(22(3,4)5)24-20(26)11-10-17-8-6-7-9-19(17)23/h6-14H,1-5H3,(H,24,26)/b11-10+. The monoisotopic (exact) mass is 368 g/mol. The lowest BCUT2D eigenvalue weighted by Crippen LogP contribution is -2.55. The van der Waals surface area contributed by atoms with Crippen molar-refractivity contribution >= 4 is 17.9 Å². The molecule has 0 atom stereocenters. The van der Waals surface area contributed by atoms with Gasteiger partial charge in [-0.15, -0.1) is 0 Å². The average molecular weight is 368 g/mol. The van der Waals surface area contributed by atoms with Crippen LogP contribution in [0.2, 0.25) is 0 Å². The summed E-state index contributed by atoms with van der Waals surface area (Å²) in [5.41, 5.74) is 4.72. The Morgan fingerprint density at radius 2 is 1.63 bits per heavy atom. The van der Waals surface area contributed by atoms with Crippen LogP contribution in [0.15, 0.2) is 48.5 Å². The van der Waals surface area contributed by atoms with Crippen molar-refractivity contribution in [2.75, 3.05) is 0 Å². The Kier molecular flexibility index (Phi) is 6.16. The maximum absolute atomic E-state index is 13.7. The van der Waals surface area contributed by atoms with E-state index in [1.807, 2.05) is 40.7 Å². The SMILES string of the molecule is Cc1cc(C)cc(C(=O)N(NC(=O)/C=C/c2ccccc2F)C(C)(C)C)c1. The van der Waals surface area contributed by atoms with Crippen LogP contribution in [0.3, 0.4) is 0 Å². The van der Waals surface area contributed by atoms with Gasteiger partial charge >= 0.3 is 0 Å². The topological polar surface area (TPSA) is 49.4 Å². The Morgan fingerprint density at radius 3 is 2.19 bits per heavy atom. The molecule has 0 aromatic heterocycles. The third-order valence-electron chi connectivity index (χ3n) is 3.88. The number of nitrogens with one attached hydrogen (secondary N) is 1. The highest BCUT2D eigenvalue weighted by Crippen LogP contribution is 2.17. The summed E-state index contributed by atoms with van der Waals surface area (Å²) in [6.45, 7) is 9.32. The van der Waals surface area contributed by atoms with Crippen LogP contribution in [-0.2, 0) is 4.79 Å². The predicted molar refractivity (Wildman–Crippen MR) is 105 cm³/mol. The van der Waals surface area contributed by atoms with Crippen LogP contribution < -0.4 is 5.43 Å². The van der Waals surface area contributed by atoms with Gasteiger partial charge in [0.1, 0.15) is 5.82 Å². The van der Waals surface area contributed by atoms with Gasteiger partial charge in [-0.05, 0) is 58.9 Å². The molecule has 5 heteroatoms. The first-order chi connectivity index (χ1) is 12.6. The van der Waals surface area contributed by atoms with Crippen molar-refractivity contribution < 1.29 is 14.0 Å². The summed E-state index contributed by atoms with van der Waals surface area (Å²) in [5.74, 6) is -1.23. The number of hydrazine groups is 1. The van der Waals surface area contributed by atoms with Crippen molar-refractivity contribution in [2.24, 2.45) is 0 Å². The maximum Gasteiger partial charge on any atom is 0.272 e. The fourth-order valence-electron chi connectivity index (χ4n) is 2.67. The lowest BCUT2D eigenvalue weighted by atomic mass is 10.0. The first-order valence-corrected chi connectivity index (χ1v) is 8.74. The molecule has 142 valence electrons. The molecule has 0 fully saturated rings. The number of hydrogen-bond donors (Lipinski definition) is 1. The molecule has 0 aliphatic heterocycles. The minimum Gasteiger partial charge on any atom is -0.268 e. The van der Waals surface area contributed by atoms with E-state index in [1.54, 1.807) is 30.3 Å². The normalized spacial score (nSPS) is 11.5. The van der Waals surface area contributed by atoms with Crippen molar-refractivity contribution in [3.63, 3.8) is 0 Å². The molecule has 2 rings (SSSR count). The van der Waals surface area contributed by atoms with E-state index in [9.17, 15) is 14.0 Å². The zero-order chi connectivity index (χ0) is 20.2. The van der Waals surface area contributed by atoms with Gasteiger partial charge in [0.05, 0.1) is 5.54 Å². The summed E-state index contributed by atoms with van der Waals surface area (Å²) in [6, 6.07) is 11.7. The Hall–Kier alpha value is -2.95. The maximum atomic E-state index is 13.7. The highest BCUT2D eigenvalue weighted by atomic mass is 19.1. The Labute approximate surface area is 159 Å². The molecule has 0 heterocycles. The molecule has 0 spiro atoms. The number of rotatable bonds is 3. The van der Waals surface area contributed by atoms with E-state index < -0.39 is 17.3 Å². The predicted octanol–water partition coefficient (Wildman–Crippen LogP) is 4.43. The molecule has 27 heavy (non-hydrogen) atoms. The number of aryl methyl sites for hydroxylation is 2. The van der Waals surface area contributed by atoms with Gasteiger partial charge in [-0.1, -0.05) is 35.4 Å². The molecule has 0 aliphatic carbocycles. The number of hydrogen-bond acceptors (Lipinski definition) is 2. The fourth-order valence-corrected chi connectivity index (χ4v) is 2.67. The Morgan fingerprint density at radius 1 is 1.04 bits per heavy atom. The van der Waals surface area contributed by atoms with Crippen molar-refractivity contribution in [1.82, 2.24) is 10.4 Å². The number of carbonyl (C=O) groups excluding carboxylic acids is 2. The fraction of sp³-hybridized carbons (Fsp3) is 0.273. The number of carbonyl (C=O) groups is 2. The first-order valence-electron chi connectivity index (χ1n) is 8.74. The molecule has 0 saturated heterocycles. The van der Waals surface area contributed by atoms with Crippen molar-refractivity contribution in [3.05, 3.63) is 76.6 Å². The summed E-state index contributed by atoms with van der Waals surface area (Å²) in [6.07, 6.45) is 2.60. The Bertz CT molecular complexity index is 862. The summed E-state index contributed by atoms with van der Waals surface area (Å²) >= 11 is 0. The van der Waals surface area contributed by atoms with Gasteiger partial charge in [0.25, 0.3) is 11.8 Å². The molecule has 0 radical (unpaired) electrons. The van der Waals surface area contributed by atoms with Crippen LogP contribution in [0, 0.1) is 19.7 Å². The van der Waals surface area contributed by atoms with Crippen LogP contribution in [0.4, 0.5) is 4.39 Å². The van der Waals surface area contributed by atoms with E-state index in [-0.39, 0.29) is 5.91 Å². The molecule has 0 aliphatic rings. The molecule has 2 aromatic rings. The van der Waals surface area contributed by atoms with Gasteiger partial charge in [-0.25, -0.2) is 9.40 Å². The first kappa shape index (κ1) is 20.4. The molecule has 0 unspecified atom stereocenters. The van der Waals surface area contributed by atoms with Gasteiger partial charge in [-0.3, -0.25) is 15.0 Å². The molecule has 0 bridgehead atoms. The van der Waals surface area contributed by atoms with E-state index in [0.717, 1.165) is 11.1 Å². The van der Waals surface area contributed by atoms with Crippen LogP contribution in [0.5, 0.6) is 0 Å². The molecule has 2 aromatic carbocycles. The van der Waals surface area contributed by atoms with Gasteiger partial charge in [0, 0.05) is 17.2 Å². The summed E-state index contributed by atoms with van der Waals surface area (Å²) in [4.78, 5) is 25.3. The van der Waals surface area contributed by atoms with Crippen molar-refractivity contribution in [3.8, 4) is 0 Å². The second-order valence-corrected chi connectivity index (χ2v) is 7.52. The summed E-state index contributed by atoms with van der Waals surface area (Å²) < 4.78 is 13.7. The zero-order valence-electron chi connectivity index (χ0n) is 16.3. The van der Waals surface area contributed by atoms with Crippen LogP contribution in [0.1, 0.15) is 47.8 Å². The van der Waals surface area contributed by atoms with Crippen LogP contribution >= 0.6 is 0 Å². The lowest BCUT2D eigenvalue weighted by molar-refractivity contribution is -0.122. The average Bonchev–Trinajstić information content (AvgIpc) is 2.56. The highest BCUT2D eigenvalue weighted by molar-refractivity contribution is 5.98. The third-order valence-corrected chi connectivity index (χ3v) is 3.88.